The summed E-state index contributed by atoms with van der Waals surface area (Å²) in [5.74, 6) is -0.0601. The van der Waals surface area contributed by atoms with Crippen LogP contribution in [0, 0.1) is 0 Å². The van der Waals surface area contributed by atoms with Crippen LogP contribution < -0.4 is 15.4 Å². The van der Waals surface area contributed by atoms with Gasteiger partial charge in [-0.25, -0.2) is 13.1 Å². The van der Waals surface area contributed by atoms with Gasteiger partial charge in [0.1, 0.15) is 0 Å². The lowest BCUT2D eigenvalue weighted by molar-refractivity contribution is -0.120. The number of nitrogens with one attached hydrogen (secondary N) is 3. The molecule has 0 spiro atoms. The zero-order valence-electron chi connectivity index (χ0n) is 16.5. The summed E-state index contributed by atoms with van der Waals surface area (Å²) < 4.78 is 25.7. The molecule has 0 saturated carbocycles. The number of pyridine rings is 1. The Balaban J connectivity index is 1.44. The number of carbonyl (C=O) groups is 1. The molecule has 0 bridgehead atoms. The fourth-order valence-corrected chi connectivity index (χ4v) is 3.87. The summed E-state index contributed by atoms with van der Waals surface area (Å²) in [6.07, 6.45) is 2.58. The third kappa shape index (κ3) is 5.69. The second-order valence-corrected chi connectivity index (χ2v) is 8.97. The number of aromatic nitrogens is 1. The Hall–Kier alpha value is -2.68. The smallest absolute Gasteiger partial charge is 0.240 e. The van der Waals surface area contributed by atoms with Crippen molar-refractivity contribution in [3.8, 4) is 0 Å². The lowest BCUT2D eigenvalue weighted by Gasteiger charge is -2.10. The average Bonchev–Trinajstić information content (AvgIpc) is 2.75. The van der Waals surface area contributed by atoms with Gasteiger partial charge in [-0.15, -0.1) is 0 Å². The van der Waals surface area contributed by atoms with Crippen LogP contribution in [0.3, 0.4) is 0 Å². The standard InChI is InChI=1S/C21H23ClN4O3S/c1-23-30(28,29)17-6-2-15(3-7-17)4-9-21(27)26-13-12-25-19-10-11-24-20-14-16(22)5-8-18(19)20/h2-3,5-8,10-11,14,23H,4,9,12-13H2,1H3,(H,24,25)(H,26,27). The van der Waals surface area contributed by atoms with Crippen molar-refractivity contribution in [3.63, 3.8) is 0 Å². The SMILES string of the molecule is CNS(=O)(=O)c1ccc(CCC(=O)NCCNc2ccnc3cc(Cl)ccc23)cc1. The number of amides is 1. The van der Waals surface area contributed by atoms with Gasteiger partial charge in [-0.05, 0) is 55.4 Å². The van der Waals surface area contributed by atoms with E-state index in [-0.39, 0.29) is 10.8 Å². The van der Waals surface area contributed by atoms with E-state index in [1.165, 1.54) is 19.2 Å². The van der Waals surface area contributed by atoms with Crippen LogP contribution in [0.1, 0.15) is 12.0 Å². The second kappa shape index (κ2) is 9.88. The Morgan fingerprint density at radius 3 is 2.57 bits per heavy atom. The predicted octanol–water partition coefficient (Wildman–Crippen LogP) is 2.96. The first kappa shape index (κ1) is 22.0. The summed E-state index contributed by atoms with van der Waals surface area (Å²) in [6.45, 7) is 1.06. The number of sulfonamides is 1. The number of carbonyl (C=O) groups excluding carboxylic acids is 1. The van der Waals surface area contributed by atoms with Crippen LogP contribution in [0.15, 0.2) is 59.6 Å². The Labute approximate surface area is 180 Å². The number of benzene rings is 2. The minimum absolute atomic E-state index is 0.0601. The van der Waals surface area contributed by atoms with Crippen LogP contribution >= 0.6 is 11.6 Å². The number of aryl methyl sites for hydroxylation is 1. The van der Waals surface area contributed by atoms with Gasteiger partial charge in [0.05, 0.1) is 10.4 Å². The van der Waals surface area contributed by atoms with E-state index in [1.807, 2.05) is 24.3 Å². The van der Waals surface area contributed by atoms with Crippen LogP contribution in [-0.4, -0.2) is 39.4 Å². The minimum atomic E-state index is -3.45. The average molecular weight is 447 g/mol. The molecule has 9 heteroatoms. The van der Waals surface area contributed by atoms with E-state index in [0.29, 0.717) is 31.0 Å². The molecule has 3 rings (SSSR count). The molecular weight excluding hydrogens is 424 g/mol. The van der Waals surface area contributed by atoms with Crippen molar-refractivity contribution < 1.29 is 13.2 Å². The van der Waals surface area contributed by atoms with Gasteiger partial charge in [-0.2, -0.15) is 0 Å². The number of rotatable bonds is 9. The topological polar surface area (TPSA) is 100 Å². The van der Waals surface area contributed by atoms with Gasteiger partial charge >= 0.3 is 0 Å². The highest BCUT2D eigenvalue weighted by Gasteiger charge is 2.10. The van der Waals surface area contributed by atoms with Gasteiger partial charge in [0.2, 0.25) is 15.9 Å². The molecule has 0 radical (unpaired) electrons. The fourth-order valence-electron chi connectivity index (χ4n) is 2.97. The van der Waals surface area contributed by atoms with Crippen molar-refractivity contribution in [2.45, 2.75) is 17.7 Å². The molecule has 0 aliphatic carbocycles. The summed E-state index contributed by atoms with van der Waals surface area (Å²) in [5.41, 5.74) is 2.65. The monoisotopic (exact) mass is 446 g/mol. The zero-order valence-corrected chi connectivity index (χ0v) is 18.1. The molecular formula is C21H23ClN4O3S. The maximum absolute atomic E-state index is 12.1. The molecule has 0 unspecified atom stereocenters. The van der Waals surface area contributed by atoms with Gasteiger partial charge in [-0.3, -0.25) is 9.78 Å². The predicted molar refractivity (Wildman–Crippen MR) is 119 cm³/mol. The molecule has 0 atom stereocenters. The highest BCUT2D eigenvalue weighted by molar-refractivity contribution is 7.89. The lowest BCUT2D eigenvalue weighted by Crippen LogP contribution is -2.28. The normalized spacial score (nSPS) is 11.4. The van der Waals surface area contributed by atoms with Gasteiger partial charge in [0.25, 0.3) is 0 Å². The Kier molecular flexibility index (Phi) is 7.25. The first-order valence-electron chi connectivity index (χ1n) is 9.46. The summed E-state index contributed by atoms with van der Waals surface area (Å²) >= 11 is 6.00. The fraction of sp³-hybridized carbons (Fsp3) is 0.238. The van der Waals surface area contributed by atoms with E-state index in [4.69, 9.17) is 11.6 Å². The molecule has 0 fully saturated rings. The van der Waals surface area contributed by atoms with Gasteiger partial charge in [0, 0.05) is 41.8 Å². The number of hydrogen-bond donors (Lipinski definition) is 3. The summed E-state index contributed by atoms with van der Waals surface area (Å²) in [7, 11) is -2.08. The third-order valence-corrected chi connectivity index (χ3v) is 6.28. The molecule has 1 heterocycles. The number of hydrogen-bond acceptors (Lipinski definition) is 5. The van der Waals surface area contributed by atoms with E-state index in [1.54, 1.807) is 18.3 Å². The quantitative estimate of drug-likeness (QED) is 0.439. The molecule has 2 aromatic carbocycles. The van der Waals surface area contributed by atoms with Crippen LogP contribution in [0.25, 0.3) is 10.9 Å². The van der Waals surface area contributed by atoms with Crippen molar-refractivity contribution in [1.29, 1.82) is 0 Å². The first-order valence-corrected chi connectivity index (χ1v) is 11.3. The molecule has 1 aromatic heterocycles. The van der Waals surface area contributed by atoms with Crippen LogP contribution in [0.5, 0.6) is 0 Å². The summed E-state index contributed by atoms with van der Waals surface area (Å²) in [4.78, 5) is 16.6. The molecule has 3 aromatic rings. The Morgan fingerprint density at radius 1 is 1.07 bits per heavy atom. The van der Waals surface area contributed by atoms with Crippen molar-refractivity contribution in [2.24, 2.45) is 0 Å². The largest absolute Gasteiger partial charge is 0.383 e. The molecule has 30 heavy (non-hydrogen) atoms. The van der Waals surface area contributed by atoms with Crippen molar-refractivity contribution in [3.05, 3.63) is 65.3 Å². The summed E-state index contributed by atoms with van der Waals surface area (Å²) in [6, 6.07) is 13.9. The minimum Gasteiger partial charge on any atom is -0.383 e. The molecule has 1 amide bonds. The highest BCUT2D eigenvalue weighted by atomic mass is 35.5. The maximum atomic E-state index is 12.1. The highest BCUT2D eigenvalue weighted by Crippen LogP contribution is 2.24. The maximum Gasteiger partial charge on any atom is 0.240 e. The number of anilines is 1. The molecule has 0 saturated heterocycles. The van der Waals surface area contributed by atoms with Crippen molar-refractivity contribution in [1.82, 2.24) is 15.0 Å². The number of halogens is 1. The van der Waals surface area contributed by atoms with Gasteiger partial charge < -0.3 is 10.6 Å². The Bertz CT molecular complexity index is 1130. The first-order chi connectivity index (χ1) is 14.4. The third-order valence-electron chi connectivity index (χ3n) is 4.61. The number of nitrogens with zero attached hydrogens (tertiary/aromatic N) is 1. The van der Waals surface area contributed by atoms with Crippen LogP contribution in [0.4, 0.5) is 5.69 Å². The molecule has 0 aliphatic heterocycles. The Morgan fingerprint density at radius 2 is 1.83 bits per heavy atom. The van der Waals surface area contributed by atoms with Crippen molar-refractivity contribution in [2.75, 3.05) is 25.5 Å². The molecule has 158 valence electrons. The number of fused-ring (bicyclic) bond motifs is 1. The van der Waals surface area contributed by atoms with E-state index in [9.17, 15) is 13.2 Å². The summed E-state index contributed by atoms with van der Waals surface area (Å²) in [5, 5.41) is 7.79. The van der Waals surface area contributed by atoms with E-state index >= 15 is 0 Å². The van der Waals surface area contributed by atoms with Crippen LogP contribution in [-0.2, 0) is 21.2 Å². The second-order valence-electron chi connectivity index (χ2n) is 6.65. The molecule has 3 N–H and O–H groups in total. The molecule has 0 aliphatic rings. The lowest BCUT2D eigenvalue weighted by atomic mass is 10.1. The zero-order chi connectivity index (χ0) is 21.6. The van der Waals surface area contributed by atoms with E-state index < -0.39 is 10.0 Å². The van der Waals surface area contributed by atoms with E-state index in [0.717, 1.165) is 22.2 Å². The van der Waals surface area contributed by atoms with Crippen molar-refractivity contribution >= 4 is 44.1 Å². The van der Waals surface area contributed by atoms with Crippen LogP contribution in [0.2, 0.25) is 5.02 Å². The van der Waals surface area contributed by atoms with Gasteiger partial charge in [-0.1, -0.05) is 23.7 Å². The molecule has 7 nitrogen and oxygen atoms in total. The van der Waals surface area contributed by atoms with E-state index in [2.05, 4.69) is 20.3 Å². The van der Waals surface area contributed by atoms with Gasteiger partial charge in [0.15, 0.2) is 0 Å².